The molecule has 8 heteroatoms. The third-order valence-electron chi connectivity index (χ3n) is 6.33. The van der Waals surface area contributed by atoms with Crippen molar-refractivity contribution in [2.45, 2.75) is 24.0 Å². The molecule has 0 aliphatic carbocycles. The Morgan fingerprint density at radius 3 is 1.17 bits per heavy atom. The fraction of sp³-hybridized carbons (Fsp3) is 0.176. The summed E-state index contributed by atoms with van der Waals surface area (Å²) in [7, 11) is -4.64. The smallest absolute Gasteiger partial charge is 0.394 e. The van der Waals surface area contributed by atoms with Gasteiger partial charge in [0.15, 0.2) is 0 Å². The molecule has 0 heterocycles. The van der Waals surface area contributed by atoms with E-state index in [0.717, 1.165) is 22.3 Å². The van der Waals surface area contributed by atoms with Crippen molar-refractivity contribution >= 4 is 7.82 Å². The number of ether oxygens (including phenoxy) is 1. The standard InChI is InChI=1S/C30H30O3.2C2H4.H3O4P/c1-24(22-31)33-23-29(32,25-14-6-2-7-15-25)30(26-16-8-3-9-17-26,27-18-10-4-11-19-27)28-20-12-5-13-21-28;2*1-2;1-5(2,3)4/h2-21,24,31-32H,22-23H2,1H3;2*1-2H2;(H3,1,2,3,4). The Balaban J connectivity index is 0.000000873. The van der Waals surface area contributed by atoms with E-state index in [0.29, 0.717) is 0 Å². The lowest BCUT2D eigenvalue weighted by molar-refractivity contribution is -0.109. The highest BCUT2D eigenvalue weighted by molar-refractivity contribution is 7.45. The number of benzene rings is 4. The van der Waals surface area contributed by atoms with Crippen LogP contribution in [0.15, 0.2) is 148 Å². The molecule has 4 rings (SSSR count). The number of aliphatic hydroxyl groups is 2. The number of hydrogen-bond acceptors (Lipinski definition) is 4. The Bertz CT molecular complexity index is 1210. The summed E-state index contributed by atoms with van der Waals surface area (Å²) in [6, 6.07) is 40.0. The van der Waals surface area contributed by atoms with Crippen molar-refractivity contribution in [1.29, 1.82) is 0 Å². The van der Waals surface area contributed by atoms with E-state index in [1.165, 1.54) is 0 Å². The van der Waals surface area contributed by atoms with E-state index in [-0.39, 0.29) is 13.2 Å². The molecule has 0 aromatic heterocycles. The van der Waals surface area contributed by atoms with Gasteiger partial charge in [-0.2, -0.15) is 0 Å². The summed E-state index contributed by atoms with van der Waals surface area (Å²) in [5.74, 6) is 0. The molecular formula is C34H41O7P. The van der Waals surface area contributed by atoms with Gasteiger partial charge in [-0.05, 0) is 29.2 Å². The highest BCUT2D eigenvalue weighted by Crippen LogP contribution is 2.52. The Kier molecular flexibility index (Phi) is 15.6. The molecule has 5 N–H and O–H groups in total. The zero-order chi connectivity index (χ0) is 31.7. The lowest BCUT2D eigenvalue weighted by atomic mass is 9.57. The van der Waals surface area contributed by atoms with Crippen molar-refractivity contribution in [2.75, 3.05) is 13.2 Å². The third kappa shape index (κ3) is 9.44. The minimum absolute atomic E-state index is 0.00256. The second-order valence-corrected chi connectivity index (χ2v) is 9.92. The van der Waals surface area contributed by atoms with Gasteiger partial charge in [-0.15, -0.1) is 26.3 Å². The van der Waals surface area contributed by atoms with Gasteiger partial charge < -0.3 is 29.6 Å². The first-order chi connectivity index (χ1) is 20.1. The second-order valence-electron chi connectivity index (χ2n) is 8.89. The summed E-state index contributed by atoms with van der Waals surface area (Å²) in [6.45, 7) is 13.7. The zero-order valence-electron chi connectivity index (χ0n) is 23.9. The second kappa shape index (κ2) is 18.0. The molecular weight excluding hydrogens is 551 g/mol. The predicted molar refractivity (Wildman–Crippen MR) is 169 cm³/mol. The molecule has 0 aliphatic rings. The number of rotatable bonds is 9. The van der Waals surface area contributed by atoms with Gasteiger partial charge >= 0.3 is 7.82 Å². The van der Waals surface area contributed by atoms with Crippen molar-refractivity contribution in [3.63, 3.8) is 0 Å². The van der Waals surface area contributed by atoms with Gasteiger partial charge in [0, 0.05) is 0 Å². The Hall–Kier alpha value is -3.65. The third-order valence-corrected chi connectivity index (χ3v) is 6.33. The molecule has 2 unspecified atom stereocenters. The van der Waals surface area contributed by atoms with Crippen LogP contribution in [0.3, 0.4) is 0 Å². The van der Waals surface area contributed by atoms with E-state index in [1.54, 1.807) is 6.92 Å². The molecule has 0 radical (unpaired) electrons. The lowest BCUT2D eigenvalue weighted by Crippen LogP contribution is -2.54. The van der Waals surface area contributed by atoms with E-state index >= 15 is 0 Å². The number of phosphoric acid groups is 1. The molecule has 2 atom stereocenters. The molecule has 0 saturated heterocycles. The first-order valence-electron chi connectivity index (χ1n) is 13.1. The molecule has 42 heavy (non-hydrogen) atoms. The van der Waals surface area contributed by atoms with Crippen LogP contribution in [0.4, 0.5) is 0 Å². The van der Waals surface area contributed by atoms with Gasteiger partial charge in [0.1, 0.15) is 5.60 Å². The van der Waals surface area contributed by atoms with Crippen molar-refractivity contribution in [3.05, 3.63) is 170 Å². The maximum Gasteiger partial charge on any atom is 0.466 e. The van der Waals surface area contributed by atoms with Gasteiger partial charge in [-0.3, -0.25) is 0 Å². The molecule has 4 aromatic rings. The summed E-state index contributed by atoms with van der Waals surface area (Å²) in [5, 5.41) is 22.5. The van der Waals surface area contributed by atoms with Crippen molar-refractivity contribution in [2.24, 2.45) is 0 Å². The minimum Gasteiger partial charge on any atom is -0.394 e. The van der Waals surface area contributed by atoms with E-state index in [9.17, 15) is 10.2 Å². The first-order valence-corrected chi connectivity index (χ1v) is 14.6. The first kappa shape index (κ1) is 36.4. The molecule has 7 nitrogen and oxygen atoms in total. The van der Waals surface area contributed by atoms with Crippen LogP contribution in [0.2, 0.25) is 0 Å². The molecule has 0 fully saturated rings. The summed E-state index contributed by atoms with van der Waals surface area (Å²) in [6.07, 6.45) is -0.416. The van der Waals surface area contributed by atoms with E-state index in [1.807, 2.05) is 84.9 Å². The monoisotopic (exact) mass is 592 g/mol. The fourth-order valence-electron chi connectivity index (χ4n) is 4.72. The Morgan fingerprint density at radius 2 is 0.905 bits per heavy atom. The minimum atomic E-state index is -4.64. The van der Waals surface area contributed by atoms with Gasteiger partial charge in [0.2, 0.25) is 0 Å². The van der Waals surface area contributed by atoms with Crippen LogP contribution in [0.5, 0.6) is 0 Å². The zero-order valence-corrected chi connectivity index (χ0v) is 24.8. The van der Waals surface area contributed by atoms with E-state index in [2.05, 4.69) is 62.7 Å². The Morgan fingerprint density at radius 1 is 0.643 bits per heavy atom. The van der Waals surface area contributed by atoms with Crippen molar-refractivity contribution in [3.8, 4) is 0 Å². The molecule has 0 spiro atoms. The van der Waals surface area contributed by atoms with Gasteiger partial charge in [-0.1, -0.05) is 121 Å². The molecule has 0 saturated carbocycles. The lowest BCUT2D eigenvalue weighted by Gasteiger charge is -2.49. The summed E-state index contributed by atoms with van der Waals surface area (Å²) in [4.78, 5) is 21.6. The average molecular weight is 593 g/mol. The van der Waals surface area contributed by atoms with Crippen LogP contribution in [0, 0.1) is 0 Å². The van der Waals surface area contributed by atoms with Gasteiger partial charge in [-0.25, -0.2) is 4.57 Å². The topological polar surface area (TPSA) is 127 Å². The summed E-state index contributed by atoms with van der Waals surface area (Å²) in [5.41, 5.74) is 1.14. The Labute approximate surface area is 249 Å². The molecule has 0 bridgehead atoms. The normalized spacial score (nSPS) is 12.9. The summed E-state index contributed by atoms with van der Waals surface area (Å²) >= 11 is 0. The van der Waals surface area contributed by atoms with Crippen molar-refractivity contribution in [1.82, 2.24) is 0 Å². The van der Waals surface area contributed by atoms with Crippen LogP contribution >= 0.6 is 7.82 Å². The van der Waals surface area contributed by atoms with E-state index < -0.39 is 24.9 Å². The highest BCUT2D eigenvalue weighted by Gasteiger charge is 2.55. The van der Waals surface area contributed by atoms with Crippen LogP contribution in [0.1, 0.15) is 29.2 Å². The highest BCUT2D eigenvalue weighted by atomic mass is 31.2. The number of aliphatic hydroxyl groups excluding tert-OH is 1. The largest absolute Gasteiger partial charge is 0.466 e. The predicted octanol–water partition coefficient (Wildman–Crippen LogP) is 5.98. The maximum absolute atomic E-state index is 12.9. The average Bonchev–Trinajstić information content (AvgIpc) is 3.03. The summed E-state index contributed by atoms with van der Waals surface area (Å²) < 4.78 is 15.0. The quantitative estimate of drug-likeness (QED) is 0.0919. The fourth-order valence-corrected chi connectivity index (χ4v) is 4.72. The van der Waals surface area contributed by atoms with Crippen LogP contribution in [-0.2, 0) is 20.3 Å². The van der Waals surface area contributed by atoms with Crippen molar-refractivity contribution < 1.29 is 34.2 Å². The maximum atomic E-state index is 12.9. The molecule has 0 amide bonds. The van der Waals surface area contributed by atoms with E-state index in [4.69, 9.17) is 24.0 Å². The van der Waals surface area contributed by atoms with Gasteiger partial charge in [0.05, 0.1) is 24.7 Å². The van der Waals surface area contributed by atoms with Gasteiger partial charge in [0.25, 0.3) is 0 Å². The molecule has 4 aromatic carbocycles. The van der Waals surface area contributed by atoms with Crippen LogP contribution in [0.25, 0.3) is 0 Å². The SMILES string of the molecule is C=C.C=C.CC(CO)OCC(O)(c1ccccc1)C(c1ccccc1)(c1ccccc1)c1ccccc1.O=P(O)(O)O. The number of hydrogen-bond donors (Lipinski definition) is 5. The molecule has 224 valence electrons. The van der Waals surface area contributed by atoms with Crippen LogP contribution in [-0.4, -0.2) is 44.2 Å². The van der Waals surface area contributed by atoms with Crippen LogP contribution < -0.4 is 0 Å². The molecule has 0 aliphatic heterocycles.